The van der Waals surface area contributed by atoms with Gasteiger partial charge in [-0.2, -0.15) is 0 Å². The van der Waals surface area contributed by atoms with E-state index in [1.165, 1.54) is 44.9 Å². The Balaban J connectivity index is 1.44. The lowest BCUT2D eigenvalue weighted by Crippen LogP contribution is -2.57. The molecule has 0 aromatic heterocycles. The van der Waals surface area contributed by atoms with Crippen molar-refractivity contribution in [3.63, 3.8) is 0 Å². The number of likely N-dealkylation sites (N-methyl/N-ethyl adjacent to an activating group) is 1. The molecule has 1 unspecified atom stereocenters. The van der Waals surface area contributed by atoms with Gasteiger partial charge in [-0.3, -0.25) is 0 Å². The fraction of sp³-hybridized carbons (Fsp3) is 1.00. The predicted molar refractivity (Wildman–Crippen MR) is 86.3 cm³/mol. The Bertz CT molecular complexity index is 325. The first-order chi connectivity index (χ1) is 10.3. The maximum atomic E-state index is 6.34. The minimum atomic E-state index is 0.570. The smallest absolute Gasteiger partial charge is 0.0628 e. The highest BCUT2D eigenvalue weighted by Crippen LogP contribution is 2.61. The zero-order chi connectivity index (χ0) is 14.3. The fourth-order valence-corrected chi connectivity index (χ4v) is 6.59. The summed E-state index contributed by atoms with van der Waals surface area (Å²) < 4.78 is 6.34. The van der Waals surface area contributed by atoms with E-state index in [0.29, 0.717) is 17.6 Å². The molecule has 1 atom stereocenters. The van der Waals surface area contributed by atoms with Crippen molar-refractivity contribution in [2.75, 3.05) is 13.2 Å². The molecule has 0 aromatic rings. The monoisotopic (exact) mass is 291 g/mol. The van der Waals surface area contributed by atoms with Crippen LogP contribution in [0.1, 0.15) is 71.1 Å². The Kier molecular flexibility index (Phi) is 4.04. The van der Waals surface area contributed by atoms with Crippen molar-refractivity contribution < 1.29 is 4.74 Å². The third-order valence-corrected chi connectivity index (χ3v) is 7.08. The Morgan fingerprint density at radius 3 is 2.10 bits per heavy atom. The molecule has 0 aromatic carbocycles. The molecule has 0 heterocycles. The Morgan fingerprint density at radius 2 is 1.57 bits per heavy atom. The topological polar surface area (TPSA) is 21.3 Å². The molecular formula is C19H33NO. The van der Waals surface area contributed by atoms with Gasteiger partial charge in [0.2, 0.25) is 0 Å². The van der Waals surface area contributed by atoms with Crippen molar-refractivity contribution in [2.45, 2.75) is 83.3 Å². The van der Waals surface area contributed by atoms with Gasteiger partial charge in [-0.1, -0.05) is 19.8 Å². The van der Waals surface area contributed by atoms with Crippen LogP contribution in [0.4, 0.5) is 0 Å². The third kappa shape index (κ3) is 2.79. The second-order valence-corrected chi connectivity index (χ2v) is 8.63. The van der Waals surface area contributed by atoms with Crippen LogP contribution in [0.15, 0.2) is 0 Å². The molecule has 0 saturated heterocycles. The second kappa shape index (κ2) is 5.85. The molecule has 5 rings (SSSR count). The highest BCUT2D eigenvalue weighted by molar-refractivity contribution is 5.06. The summed E-state index contributed by atoms with van der Waals surface area (Å²) in [5, 5.41) is 3.84. The Labute approximate surface area is 130 Å². The lowest BCUT2D eigenvalue weighted by atomic mass is 9.47. The van der Waals surface area contributed by atoms with Crippen LogP contribution >= 0.6 is 0 Å². The molecular weight excluding hydrogens is 258 g/mol. The summed E-state index contributed by atoms with van der Waals surface area (Å²) in [5.41, 5.74) is 0.587. The van der Waals surface area contributed by atoms with Crippen LogP contribution in [0.5, 0.6) is 0 Å². The number of nitrogens with one attached hydrogen (secondary N) is 1. The van der Waals surface area contributed by atoms with Gasteiger partial charge >= 0.3 is 0 Å². The fourth-order valence-electron chi connectivity index (χ4n) is 6.59. The average Bonchev–Trinajstić information content (AvgIpc) is 2.95. The predicted octanol–water partition coefficient (Wildman–Crippen LogP) is 4.14. The molecule has 0 amide bonds. The quantitative estimate of drug-likeness (QED) is 0.794. The zero-order valence-corrected chi connectivity index (χ0v) is 13.8. The first-order valence-electron chi connectivity index (χ1n) is 9.62. The van der Waals surface area contributed by atoms with Gasteiger partial charge in [0, 0.05) is 6.04 Å². The minimum Gasteiger partial charge on any atom is -0.377 e. The molecule has 5 aliphatic carbocycles. The van der Waals surface area contributed by atoms with Crippen LogP contribution in [0.2, 0.25) is 0 Å². The van der Waals surface area contributed by atoms with Gasteiger partial charge in [-0.15, -0.1) is 0 Å². The number of ether oxygens (including phenoxy) is 1. The molecule has 0 radical (unpaired) electrons. The van der Waals surface area contributed by atoms with E-state index in [2.05, 4.69) is 12.2 Å². The highest BCUT2D eigenvalue weighted by Gasteiger charge is 2.54. The SMILES string of the molecule is CCNC(COC1CCCC1)C12CC3CC(CC(C3)C1)C2. The summed E-state index contributed by atoms with van der Waals surface area (Å²) in [4.78, 5) is 0. The van der Waals surface area contributed by atoms with Gasteiger partial charge in [-0.05, 0) is 81.1 Å². The average molecular weight is 291 g/mol. The number of rotatable bonds is 6. The van der Waals surface area contributed by atoms with Crippen molar-refractivity contribution >= 4 is 0 Å². The van der Waals surface area contributed by atoms with Crippen LogP contribution in [-0.2, 0) is 4.74 Å². The normalized spacial score (nSPS) is 43.6. The second-order valence-electron chi connectivity index (χ2n) is 8.63. The van der Waals surface area contributed by atoms with Gasteiger partial charge in [0.15, 0.2) is 0 Å². The van der Waals surface area contributed by atoms with Gasteiger partial charge in [-0.25, -0.2) is 0 Å². The first-order valence-corrected chi connectivity index (χ1v) is 9.62. The summed E-state index contributed by atoms with van der Waals surface area (Å²) >= 11 is 0. The van der Waals surface area contributed by atoms with Crippen LogP contribution in [0.25, 0.3) is 0 Å². The molecule has 4 bridgehead atoms. The van der Waals surface area contributed by atoms with Crippen molar-refractivity contribution in [3.05, 3.63) is 0 Å². The van der Waals surface area contributed by atoms with Crippen LogP contribution in [0.3, 0.4) is 0 Å². The molecule has 5 aliphatic rings. The molecule has 0 spiro atoms. The van der Waals surface area contributed by atoms with Gasteiger partial charge in [0.1, 0.15) is 0 Å². The van der Waals surface area contributed by atoms with Gasteiger partial charge in [0.05, 0.1) is 12.7 Å². The lowest BCUT2D eigenvalue weighted by Gasteiger charge is -2.59. The Hall–Kier alpha value is -0.0800. The number of hydrogen-bond acceptors (Lipinski definition) is 2. The molecule has 0 aliphatic heterocycles. The van der Waals surface area contributed by atoms with E-state index in [4.69, 9.17) is 4.74 Å². The van der Waals surface area contributed by atoms with Crippen molar-refractivity contribution in [1.82, 2.24) is 5.32 Å². The molecule has 5 fully saturated rings. The van der Waals surface area contributed by atoms with Gasteiger partial charge < -0.3 is 10.1 Å². The van der Waals surface area contributed by atoms with E-state index in [1.54, 1.807) is 19.3 Å². The molecule has 2 nitrogen and oxygen atoms in total. The highest BCUT2D eigenvalue weighted by atomic mass is 16.5. The maximum absolute atomic E-state index is 6.34. The summed E-state index contributed by atoms with van der Waals surface area (Å²) in [6.07, 6.45) is 15.0. The molecule has 1 N–H and O–H groups in total. The standard InChI is InChI=1S/C19H33NO/c1-2-20-18(13-21-17-5-3-4-6-17)19-10-14-7-15(11-19)9-16(8-14)12-19/h14-18,20H,2-13H2,1H3. The summed E-state index contributed by atoms with van der Waals surface area (Å²) in [5.74, 6) is 3.14. The van der Waals surface area contributed by atoms with E-state index in [-0.39, 0.29) is 0 Å². The van der Waals surface area contributed by atoms with Crippen LogP contribution in [-0.4, -0.2) is 25.3 Å². The summed E-state index contributed by atoms with van der Waals surface area (Å²) in [6, 6.07) is 0.622. The first kappa shape index (κ1) is 14.5. The van der Waals surface area contributed by atoms with Gasteiger partial charge in [0.25, 0.3) is 0 Å². The van der Waals surface area contributed by atoms with E-state index in [1.807, 2.05) is 0 Å². The molecule has 21 heavy (non-hydrogen) atoms. The van der Waals surface area contributed by atoms with Crippen molar-refractivity contribution in [2.24, 2.45) is 23.2 Å². The van der Waals surface area contributed by atoms with Crippen LogP contribution in [0, 0.1) is 23.2 Å². The van der Waals surface area contributed by atoms with Crippen LogP contribution < -0.4 is 5.32 Å². The van der Waals surface area contributed by atoms with E-state index in [9.17, 15) is 0 Å². The minimum absolute atomic E-state index is 0.570. The van der Waals surface area contributed by atoms with E-state index >= 15 is 0 Å². The molecule has 2 heteroatoms. The largest absolute Gasteiger partial charge is 0.377 e. The third-order valence-electron chi connectivity index (χ3n) is 7.08. The van der Waals surface area contributed by atoms with Crippen molar-refractivity contribution in [3.8, 4) is 0 Å². The Morgan fingerprint density at radius 1 is 1.00 bits per heavy atom. The number of hydrogen-bond donors (Lipinski definition) is 1. The summed E-state index contributed by atoms with van der Waals surface area (Å²) in [6.45, 7) is 4.34. The maximum Gasteiger partial charge on any atom is 0.0628 e. The zero-order valence-electron chi connectivity index (χ0n) is 13.8. The lowest BCUT2D eigenvalue weighted by molar-refractivity contribution is -0.0947. The molecule has 5 saturated carbocycles. The summed E-state index contributed by atoms with van der Waals surface area (Å²) in [7, 11) is 0. The van der Waals surface area contributed by atoms with Crippen molar-refractivity contribution in [1.29, 1.82) is 0 Å². The van der Waals surface area contributed by atoms with E-state index in [0.717, 1.165) is 30.9 Å². The van der Waals surface area contributed by atoms with E-state index < -0.39 is 0 Å². The molecule has 120 valence electrons.